The number of allylic oxidation sites excluding steroid dienone is 1. The van der Waals surface area contributed by atoms with E-state index in [2.05, 4.69) is 0 Å². The first-order chi connectivity index (χ1) is 8.29. The molecule has 0 spiro atoms. The molecule has 0 bridgehead atoms. The molecule has 5 nitrogen and oxygen atoms in total. The van der Waals surface area contributed by atoms with Crippen LogP contribution in [0.4, 0.5) is 0 Å². The van der Waals surface area contributed by atoms with Crippen LogP contribution in [-0.2, 0) is 26.0 Å². The number of hydrogen-bond acceptors (Lipinski definition) is 5. The van der Waals surface area contributed by atoms with Crippen molar-refractivity contribution in [2.45, 2.75) is 18.4 Å². The van der Waals surface area contributed by atoms with Crippen LogP contribution in [0.5, 0.6) is 0 Å². The van der Waals surface area contributed by atoms with E-state index in [1.165, 1.54) is 18.2 Å². The number of rotatable bonds is 4. The average Bonchev–Trinajstić information content (AvgIpc) is 2.25. The van der Waals surface area contributed by atoms with Gasteiger partial charge in [0.15, 0.2) is 9.84 Å². The molecule has 0 amide bonds. The highest BCUT2D eigenvalue weighted by Gasteiger charge is 2.06. The summed E-state index contributed by atoms with van der Waals surface area (Å²) in [6.45, 7) is 1.66. The van der Waals surface area contributed by atoms with Crippen molar-refractivity contribution in [2.75, 3.05) is 6.26 Å². The summed E-state index contributed by atoms with van der Waals surface area (Å²) in [5.41, 5.74) is 6.40. The summed E-state index contributed by atoms with van der Waals surface area (Å²) in [6, 6.07) is 6.15. The predicted octanol–water partition coefficient (Wildman–Crippen LogP) is 0.996. The van der Waals surface area contributed by atoms with Crippen molar-refractivity contribution >= 4 is 15.8 Å². The lowest BCUT2D eigenvalue weighted by Crippen LogP contribution is -2.04. The van der Waals surface area contributed by atoms with Crippen LogP contribution in [0, 0.1) is 0 Å². The van der Waals surface area contributed by atoms with E-state index < -0.39 is 15.8 Å². The van der Waals surface area contributed by atoms with E-state index in [1.807, 2.05) is 0 Å². The number of hydrogen-bond donors (Lipinski definition) is 1. The Bertz CT molecular complexity index is 554. The zero-order valence-corrected chi connectivity index (χ0v) is 11.0. The van der Waals surface area contributed by atoms with E-state index in [0.717, 1.165) is 6.26 Å². The van der Waals surface area contributed by atoms with E-state index in [-0.39, 0.29) is 11.5 Å². The third-order valence-corrected chi connectivity index (χ3v) is 3.21. The highest BCUT2D eigenvalue weighted by Crippen LogP contribution is 2.11. The zero-order chi connectivity index (χ0) is 13.8. The standard InChI is InChI=1S/C12H15NO4S/c1-9(13)7-12(14)17-8-10-3-5-11(6-4-10)18(2,15)16/h3-7H,8,13H2,1-2H3/b9-7-. The van der Waals surface area contributed by atoms with E-state index >= 15 is 0 Å². The van der Waals surface area contributed by atoms with Gasteiger partial charge in [-0.3, -0.25) is 0 Å². The minimum absolute atomic E-state index is 0.0760. The molecule has 0 aromatic heterocycles. The zero-order valence-electron chi connectivity index (χ0n) is 10.2. The van der Waals surface area contributed by atoms with Crippen LogP contribution in [0.3, 0.4) is 0 Å². The fraction of sp³-hybridized carbons (Fsp3) is 0.250. The van der Waals surface area contributed by atoms with Crippen molar-refractivity contribution in [1.82, 2.24) is 0 Å². The summed E-state index contributed by atoms with van der Waals surface area (Å²) < 4.78 is 27.4. The Hall–Kier alpha value is -1.82. The highest BCUT2D eigenvalue weighted by atomic mass is 32.2. The van der Waals surface area contributed by atoms with Gasteiger partial charge in [0.25, 0.3) is 0 Å². The lowest BCUT2D eigenvalue weighted by atomic mass is 10.2. The molecule has 18 heavy (non-hydrogen) atoms. The van der Waals surface area contributed by atoms with Crippen LogP contribution in [0.2, 0.25) is 0 Å². The maximum absolute atomic E-state index is 11.2. The summed E-state index contributed by atoms with van der Waals surface area (Å²) in [6.07, 6.45) is 2.32. The van der Waals surface area contributed by atoms with Gasteiger partial charge in [0.1, 0.15) is 6.61 Å². The Morgan fingerprint density at radius 3 is 2.33 bits per heavy atom. The highest BCUT2D eigenvalue weighted by molar-refractivity contribution is 7.90. The number of carbonyl (C=O) groups is 1. The smallest absolute Gasteiger partial charge is 0.332 e. The predicted molar refractivity (Wildman–Crippen MR) is 67.3 cm³/mol. The Morgan fingerprint density at radius 2 is 1.89 bits per heavy atom. The van der Waals surface area contributed by atoms with Gasteiger partial charge in [-0.1, -0.05) is 12.1 Å². The van der Waals surface area contributed by atoms with Crippen LogP contribution < -0.4 is 5.73 Å². The van der Waals surface area contributed by atoms with Crippen molar-refractivity contribution in [2.24, 2.45) is 5.73 Å². The normalized spacial score (nSPS) is 12.2. The van der Waals surface area contributed by atoms with Gasteiger partial charge in [0.05, 0.1) is 4.90 Å². The lowest BCUT2D eigenvalue weighted by Gasteiger charge is -2.04. The van der Waals surface area contributed by atoms with Crippen molar-refractivity contribution in [3.63, 3.8) is 0 Å². The quantitative estimate of drug-likeness (QED) is 0.651. The number of benzene rings is 1. The monoisotopic (exact) mass is 269 g/mol. The molecular formula is C12H15NO4S. The molecule has 2 N–H and O–H groups in total. The first-order valence-corrected chi connectivity index (χ1v) is 7.07. The molecule has 0 heterocycles. The van der Waals surface area contributed by atoms with E-state index in [1.54, 1.807) is 19.1 Å². The average molecular weight is 269 g/mol. The van der Waals surface area contributed by atoms with Crippen LogP contribution in [0.15, 0.2) is 40.9 Å². The third-order valence-electron chi connectivity index (χ3n) is 2.08. The summed E-state index contributed by atoms with van der Waals surface area (Å²) in [5, 5.41) is 0. The summed E-state index contributed by atoms with van der Waals surface area (Å²) in [7, 11) is -3.20. The number of esters is 1. The molecular weight excluding hydrogens is 254 g/mol. The van der Waals surface area contributed by atoms with Crippen LogP contribution >= 0.6 is 0 Å². The molecule has 0 aliphatic carbocycles. The second-order valence-electron chi connectivity index (χ2n) is 3.91. The molecule has 6 heteroatoms. The van der Waals surface area contributed by atoms with Crippen molar-refractivity contribution in [3.8, 4) is 0 Å². The van der Waals surface area contributed by atoms with Gasteiger partial charge in [-0.25, -0.2) is 13.2 Å². The topological polar surface area (TPSA) is 86.5 Å². The molecule has 1 aromatic rings. The van der Waals surface area contributed by atoms with Crippen molar-refractivity contribution < 1.29 is 17.9 Å². The molecule has 0 saturated heterocycles. The second-order valence-corrected chi connectivity index (χ2v) is 5.93. The molecule has 0 saturated carbocycles. The number of sulfone groups is 1. The first-order valence-electron chi connectivity index (χ1n) is 5.18. The SMILES string of the molecule is C/C(N)=C/C(=O)OCc1ccc(S(C)(=O)=O)cc1. The summed E-state index contributed by atoms with van der Waals surface area (Å²) in [4.78, 5) is 11.4. The van der Waals surface area contributed by atoms with Gasteiger partial charge in [-0.05, 0) is 24.6 Å². The molecule has 0 radical (unpaired) electrons. The Morgan fingerprint density at radius 1 is 1.33 bits per heavy atom. The van der Waals surface area contributed by atoms with Gasteiger partial charge in [-0.2, -0.15) is 0 Å². The molecule has 1 rings (SSSR count). The van der Waals surface area contributed by atoms with E-state index in [0.29, 0.717) is 11.3 Å². The van der Waals surface area contributed by atoms with Crippen LogP contribution in [-0.4, -0.2) is 20.6 Å². The molecule has 0 aliphatic heterocycles. The van der Waals surface area contributed by atoms with Gasteiger partial charge in [0, 0.05) is 18.0 Å². The fourth-order valence-corrected chi connectivity index (χ4v) is 1.85. The van der Waals surface area contributed by atoms with Gasteiger partial charge < -0.3 is 10.5 Å². The van der Waals surface area contributed by atoms with E-state index in [4.69, 9.17) is 10.5 Å². The van der Waals surface area contributed by atoms with Crippen LogP contribution in [0.1, 0.15) is 12.5 Å². The third kappa shape index (κ3) is 4.58. The van der Waals surface area contributed by atoms with Gasteiger partial charge in [0.2, 0.25) is 0 Å². The fourth-order valence-electron chi connectivity index (χ4n) is 1.21. The number of ether oxygens (including phenoxy) is 1. The molecule has 0 aliphatic rings. The molecule has 0 fully saturated rings. The molecule has 1 aromatic carbocycles. The molecule has 0 atom stereocenters. The number of carbonyl (C=O) groups excluding carboxylic acids is 1. The van der Waals surface area contributed by atoms with Gasteiger partial charge >= 0.3 is 5.97 Å². The Balaban J connectivity index is 2.66. The maximum atomic E-state index is 11.2. The summed E-state index contributed by atoms with van der Waals surface area (Å²) in [5.74, 6) is -0.526. The molecule has 0 unspecified atom stereocenters. The Kier molecular flexibility index (Phi) is 4.49. The van der Waals surface area contributed by atoms with Crippen molar-refractivity contribution in [3.05, 3.63) is 41.6 Å². The van der Waals surface area contributed by atoms with Gasteiger partial charge in [-0.15, -0.1) is 0 Å². The Labute approximate surface area is 106 Å². The van der Waals surface area contributed by atoms with Crippen molar-refractivity contribution in [1.29, 1.82) is 0 Å². The van der Waals surface area contributed by atoms with Crippen LogP contribution in [0.25, 0.3) is 0 Å². The first kappa shape index (κ1) is 14.2. The lowest BCUT2D eigenvalue weighted by molar-refractivity contribution is -0.139. The largest absolute Gasteiger partial charge is 0.458 e. The minimum atomic E-state index is -3.20. The molecule has 98 valence electrons. The maximum Gasteiger partial charge on any atom is 0.332 e. The van der Waals surface area contributed by atoms with E-state index in [9.17, 15) is 13.2 Å². The second kappa shape index (κ2) is 5.68. The number of nitrogens with two attached hydrogens (primary N) is 1. The minimum Gasteiger partial charge on any atom is -0.458 e. The summed E-state index contributed by atoms with van der Waals surface area (Å²) >= 11 is 0.